The first-order valence-corrected chi connectivity index (χ1v) is 4.39. The third-order valence-electron chi connectivity index (χ3n) is 2.33. The van der Waals surface area contributed by atoms with E-state index in [0.717, 1.165) is 11.1 Å². The molecule has 0 aliphatic carbocycles. The molecule has 0 bridgehead atoms. The van der Waals surface area contributed by atoms with Crippen molar-refractivity contribution in [3.63, 3.8) is 0 Å². The van der Waals surface area contributed by atoms with Gasteiger partial charge in [-0.05, 0) is 13.6 Å². The van der Waals surface area contributed by atoms with Crippen LogP contribution in [0.15, 0.2) is 0 Å². The molecule has 0 spiro atoms. The normalized spacial score (nSPS) is 14.1. The zero-order valence-corrected chi connectivity index (χ0v) is 11.1. The lowest BCUT2D eigenvalue weighted by Crippen LogP contribution is -3.00. The summed E-state index contributed by atoms with van der Waals surface area (Å²) in [5.74, 6) is 0. The molecular weight excluding hydrogens is 232 g/mol. The van der Waals surface area contributed by atoms with Crippen molar-refractivity contribution in [2.75, 3.05) is 41.8 Å². The summed E-state index contributed by atoms with van der Waals surface area (Å²) < 4.78 is 0.782. The van der Waals surface area contributed by atoms with E-state index in [9.17, 15) is 0 Å². The minimum Gasteiger partial charge on any atom is -1.00 e. The van der Waals surface area contributed by atoms with Crippen LogP contribution in [0, 0.1) is 0 Å². The Labute approximate surface area is 92.6 Å². The molecule has 0 saturated heterocycles. The first-order valence-electron chi connectivity index (χ1n) is 4.39. The van der Waals surface area contributed by atoms with E-state index in [1.165, 1.54) is 0 Å². The zero-order valence-electron chi connectivity index (χ0n) is 9.56. The average molecular weight is 255 g/mol. The summed E-state index contributed by atoms with van der Waals surface area (Å²) in [4.78, 5) is 0. The number of quaternary nitrogens is 1. The van der Waals surface area contributed by atoms with Crippen molar-refractivity contribution in [2.24, 2.45) is 0 Å². The molecule has 82 valence electrons. The fourth-order valence-corrected chi connectivity index (χ4v) is 1.07. The van der Waals surface area contributed by atoms with E-state index in [-0.39, 0.29) is 23.3 Å². The van der Waals surface area contributed by atoms with Gasteiger partial charge in [0.05, 0.1) is 14.1 Å². The van der Waals surface area contributed by atoms with Crippen molar-refractivity contribution in [1.82, 2.24) is 15.6 Å². The largest absolute Gasteiger partial charge is 1.00 e. The van der Waals surface area contributed by atoms with Gasteiger partial charge in [0.15, 0.2) is 0 Å². The van der Waals surface area contributed by atoms with Crippen LogP contribution in [-0.2, 0) is 0 Å². The highest BCUT2D eigenvalue weighted by Gasteiger charge is 2.28. The van der Waals surface area contributed by atoms with Gasteiger partial charge < -0.3 is 17.0 Å². The van der Waals surface area contributed by atoms with Crippen LogP contribution >= 0.6 is 0 Å². The Kier molecular flexibility index (Phi) is 8.16. The number of hydrogen-bond donors (Lipinski definition) is 2. The molecule has 1 atom stereocenters. The first kappa shape index (κ1) is 15.8. The van der Waals surface area contributed by atoms with Crippen molar-refractivity contribution >= 4 is 0 Å². The van der Waals surface area contributed by atoms with E-state index < -0.39 is 0 Å². The van der Waals surface area contributed by atoms with Gasteiger partial charge in [0.1, 0.15) is 0 Å². The van der Waals surface area contributed by atoms with E-state index in [4.69, 9.17) is 0 Å². The van der Waals surface area contributed by atoms with Crippen LogP contribution in [0.5, 0.6) is 0 Å². The van der Waals surface area contributed by atoms with Gasteiger partial charge in [-0.1, -0.05) is 6.92 Å². The van der Waals surface area contributed by atoms with E-state index in [1.807, 2.05) is 7.05 Å². The smallest absolute Gasteiger partial charge is 0.217 e. The summed E-state index contributed by atoms with van der Waals surface area (Å²) in [6.45, 7) is 3.08. The van der Waals surface area contributed by atoms with Crippen LogP contribution in [-0.4, -0.2) is 57.7 Å². The Balaban J connectivity index is 0. The molecule has 13 heavy (non-hydrogen) atoms. The van der Waals surface area contributed by atoms with Gasteiger partial charge in [0.2, 0.25) is 6.29 Å². The molecule has 0 aliphatic heterocycles. The Morgan fingerprint density at radius 2 is 1.77 bits per heavy atom. The fourth-order valence-electron chi connectivity index (χ4n) is 1.07. The Morgan fingerprint density at radius 1 is 1.31 bits per heavy atom. The Morgan fingerprint density at radius 3 is 2.00 bits per heavy atom. The maximum absolute atomic E-state index is 3.37. The molecule has 0 rings (SSSR count). The van der Waals surface area contributed by atoms with Crippen molar-refractivity contribution < 1.29 is 21.6 Å². The molecule has 4 nitrogen and oxygen atoms in total. The highest BCUT2D eigenvalue weighted by atomic mass is 79.9. The molecule has 0 amide bonds. The summed E-state index contributed by atoms with van der Waals surface area (Å²) in [5.41, 5.74) is 0. The van der Waals surface area contributed by atoms with Crippen LogP contribution < -0.4 is 27.6 Å². The van der Waals surface area contributed by atoms with Gasteiger partial charge in [0, 0.05) is 14.1 Å². The molecule has 0 aromatic carbocycles. The van der Waals surface area contributed by atoms with Gasteiger partial charge in [-0.25, -0.2) is 4.59 Å². The molecule has 0 heterocycles. The SMILES string of the molecule is CCNC(NC)[N+](C)(C)N(C)C.[Br-]. The predicted molar refractivity (Wildman–Crippen MR) is 52.3 cm³/mol. The molecule has 2 N–H and O–H groups in total. The molecule has 0 aromatic rings. The predicted octanol–water partition coefficient (Wildman–Crippen LogP) is -3.34. The second-order valence-corrected chi connectivity index (χ2v) is 3.58. The summed E-state index contributed by atoms with van der Waals surface area (Å²) in [5, 5.41) is 8.77. The first-order chi connectivity index (χ1) is 5.46. The van der Waals surface area contributed by atoms with Gasteiger partial charge in [-0.2, -0.15) is 5.01 Å². The summed E-state index contributed by atoms with van der Waals surface area (Å²) >= 11 is 0. The highest BCUT2D eigenvalue weighted by molar-refractivity contribution is 4.46. The highest BCUT2D eigenvalue weighted by Crippen LogP contribution is 2.02. The molecule has 0 fully saturated rings. The minimum absolute atomic E-state index is 0. The topological polar surface area (TPSA) is 27.3 Å². The van der Waals surface area contributed by atoms with Crippen LogP contribution in [0.4, 0.5) is 0 Å². The van der Waals surface area contributed by atoms with Gasteiger partial charge in [-0.3, -0.25) is 10.6 Å². The van der Waals surface area contributed by atoms with Gasteiger partial charge in [0.25, 0.3) is 0 Å². The van der Waals surface area contributed by atoms with E-state index in [2.05, 4.69) is 50.8 Å². The molecule has 0 radical (unpaired) electrons. The Bertz CT molecular complexity index is 127. The number of nitrogens with one attached hydrogen (secondary N) is 2. The monoisotopic (exact) mass is 254 g/mol. The minimum atomic E-state index is 0. The number of hydrogen-bond acceptors (Lipinski definition) is 3. The zero-order chi connectivity index (χ0) is 9.78. The third kappa shape index (κ3) is 4.37. The Hall–Kier alpha value is 0.320. The van der Waals surface area contributed by atoms with Crippen molar-refractivity contribution in [3.8, 4) is 0 Å². The molecule has 5 heteroatoms. The lowest BCUT2D eigenvalue weighted by atomic mass is 10.6. The van der Waals surface area contributed by atoms with Crippen LogP contribution in [0.1, 0.15) is 6.92 Å². The quantitative estimate of drug-likeness (QED) is 0.305. The molecule has 0 aliphatic rings. The second kappa shape index (κ2) is 6.73. The molecule has 0 aromatic heterocycles. The lowest BCUT2D eigenvalue weighted by molar-refractivity contribution is -1.02. The number of nitrogens with zero attached hydrogens (tertiary/aromatic N) is 2. The lowest BCUT2D eigenvalue weighted by Gasteiger charge is -2.41. The summed E-state index contributed by atoms with van der Waals surface area (Å²) in [7, 11) is 10.4. The van der Waals surface area contributed by atoms with Crippen molar-refractivity contribution in [1.29, 1.82) is 0 Å². The molecular formula is C8H23BrN4. The fraction of sp³-hybridized carbons (Fsp3) is 1.00. The van der Waals surface area contributed by atoms with E-state index in [1.54, 1.807) is 0 Å². The number of rotatable bonds is 5. The maximum atomic E-state index is 3.37. The number of halogens is 1. The third-order valence-corrected chi connectivity index (χ3v) is 2.33. The average Bonchev–Trinajstić information content (AvgIpc) is 1.99. The van der Waals surface area contributed by atoms with Crippen LogP contribution in [0.3, 0.4) is 0 Å². The molecule has 1 unspecified atom stereocenters. The van der Waals surface area contributed by atoms with Gasteiger partial charge >= 0.3 is 0 Å². The van der Waals surface area contributed by atoms with Crippen molar-refractivity contribution in [2.45, 2.75) is 13.2 Å². The summed E-state index contributed by atoms with van der Waals surface area (Å²) in [6, 6.07) is 0. The second-order valence-electron chi connectivity index (χ2n) is 3.58. The van der Waals surface area contributed by atoms with Crippen LogP contribution in [0.25, 0.3) is 0 Å². The van der Waals surface area contributed by atoms with Crippen LogP contribution in [0.2, 0.25) is 0 Å². The van der Waals surface area contributed by atoms with E-state index in [0.29, 0.717) is 0 Å². The van der Waals surface area contributed by atoms with Crippen molar-refractivity contribution in [3.05, 3.63) is 0 Å². The summed E-state index contributed by atoms with van der Waals surface area (Å²) in [6.07, 6.45) is 0.269. The standard InChI is InChI=1S/C8H23N4.BrH/c1-7-10-8(9-2)12(5,6)11(3)4;/h8-10H,7H2,1-6H3;1H/q+1;/p-1. The molecule has 0 saturated carbocycles. The maximum Gasteiger partial charge on any atom is 0.217 e. The van der Waals surface area contributed by atoms with E-state index >= 15 is 0 Å². The van der Waals surface area contributed by atoms with Gasteiger partial charge in [-0.15, -0.1) is 0 Å².